The number of hydrogen-bond acceptors (Lipinski definition) is 3. The van der Waals surface area contributed by atoms with E-state index in [1.165, 1.54) is 0 Å². The van der Waals surface area contributed by atoms with Gasteiger partial charge in [0, 0.05) is 10.6 Å². The third-order valence-corrected chi connectivity index (χ3v) is 5.88. The van der Waals surface area contributed by atoms with Crippen LogP contribution in [0.15, 0.2) is 60.7 Å². The predicted octanol–water partition coefficient (Wildman–Crippen LogP) is 4.75. The number of carbonyl (C=O) groups is 1. The standard InChI is InChI=1S/C24H22ClNO3/c1-15-12-18(13-16(2)22(15)29-3)24(28)19-9-5-7-11-21(19)26(23(24)27)14-17-8-4-6-10-20(17)25/h4-13,28H,14H2,1-3H3. The van der Waals surface area contributed by atoms with Crippen molar-refractivity contribution in [2.24, 2.45) is 0 Å². The molecule has 3 aromatic rings. The minimum atomic E-state index is -1.76. The Morgan fingerprint density at radius 3 is 2.31 bits per heavy atom. The minimum absolute atomic E-state index is 0.284. The molecule has 0 fully saturated rings. The molecule has 3 aromatic carbocycles. The average molecular weight is 408 g/mol. The molecular formula is C24H22ClNO3. The zero-order valence-corrected chi connectivity index (χ0v) is 17.3. The van der Waals surface area contributed by atoms with E-state index in [4.69, 9.17) is 16.3 Å². The fraction of sp³-hybridized carbons (Fsp3) is 0.208. The number of carbonyl (C=O) groups excluding carboxylic acids is 1. The van der Waals surface area contributed by atoms with Crippen molar-refractivity contribution in [3.63, 3.8) is 0 Å². The highest BCUT2D eigenvalue weighted by Crippen LogP contribution is 2.46. The van der Waals surface area contributed by atoms with Crippen LogP contribution in [0.5, 0.6) is 5.75 Å². The number of benzene rings is 3. The Labute approximate surface area is 175 Å². The lowest BCUT2D eigenvalue weighted by Gasteiger charge is -2.25. The summed E-state index contributed by atoms with van der Waals surface area (Å²) in [7, 11) is 1.62. The van der Waals surface area contributed by atoms with Gasteiger partial charge < -0.3 is 14.7 Å². The van der Waals surface area contributed by atoms with Crippen LogP contribution in [-0.2, 0) is 16.9 Å². The highest BCUT2D eigenvalue weighted by Gasteiger charge is 2.51. The van der Waals surface area contributed by atoms with Crippen molar-refractivity contribution in [2.45, 2.75) is 26.0 Å². The predicted molar refractivity (Wildman–Crippen MR) is 115 cm³/mol. The molecule has 1 aliphatic heterocycles. The van der Waals surface area contributed by atoms with Gasteiger partial charge in [0.1, 0.15) is 5.75 Å². The molecule has 1 aliphatic rings. The van der Waals surface area contributed by atoms with Crippen molar-refractivity contribution in [3.8, 4) is 5.75 Å². The number of aliphatic hydroxyl groups is 1. The van der Waals surface area contributed by atoms with E-state index in [0.29, 0.717) is 21.8 Å². The molecule has 0 bridgehead atoms. The van der Waals surface area contributed by atoms with Gasteiger partial charge in [-0.15, -0.1) is 0 Å². The van der Waals surface area contributed by atoms with Gasteiger partial charge >= 0.3 is 0 Å². The van der Waals surface area contributed by atoms with Crippen LogP contribution >= 0.6 is 11.6 Å². The topological polar surface area (TPSA) is 49.8 Å². The molecule has 0 aliphatic carbocycles. The van der Waals surface area contributed by atoms with Crippen LogP contribution in [0, 0.1) is 13.8 Å². The average Bonchev–Trinajstić information content (AvgIpc) is 2.92. The van der Waals surface area contributed by atoms with Crippen molar-refractivity contribution >= 4 is 23.2 Å². The van der Waals surface area contributed by atoms with Gasteiger partial charge in [0.2, 0.25) is 0 Å². The lowest BCUT2D eigenvalue weighted by atomic mass is 9.85. The summed E-state index contributed by atoms with van der Waals surface area (Å²) in [6.07, 6.45) is 0. The molecule has 148 valence electrons. The van der Waals surface area contributed by atoms with Gasteiger partial charge in [-0.3, -0.25) is 4.79 Å². The zero-order valence-electron chi connectivity index (χ0n) is 16.6. The lowest BCUT2D eigenvalue weighted by Crippen LogP contribution is -2.41. The first-order chi connectivity index (χ1) is 13.9. The maximum absolute atomic E-state index is 13.6. The Balaban J connectivity index is 1.85. The largest absolute Gasteiger partial charge is 0.496 e. The first-order valence-corrected chi connectivity index (χ1v) is 9.78. The van der Waals surface area contributed by atoms with E-state index in [9.17, 15) is 9.90 Å². The van der Waals surface area contributed by atoms with Crippen LogP contribution in [-0.4, -0.2) is 18.1 Å². The van der Waals surface area contributed by atoms with Crippen molar-refractivity contribution < 1.29 is 14.6 Å². The number of anilines is 1. The summed E-state index contributed by atoms with van der Waals surface area (Å²) >= 11 is 6.33. The quantitative estimate of drug-likeness (QED) is 0.679. The van der Waals surface area contributed by atoms with E-state index in [1.54, 1.807) is 24.1 Å². The number of ether oxygens (including phenoxy) is 1. The molecule has 1 atom stereocenters. The van der Waals surface area contributed by atoms with Gasteiger partial charge in [-0.25, -0.2) is 0 Å². The van der Waals surface area contributed by atoms with Crippen molar-refractivity contribution in [1.29, 1.82) is 0 Å². The summed E-state index contributed by atoms with van der Waals surface area (Å²) in [5.41, 5.74) is 2.58. The second-order valence-corrected chi connectivity index (χ2v) is 7.76. The Morgan fingerprint density at radius 2 is 1.66 bits per heavy atom. The molecule has 0 radical (unpaired) electrons. The van der Waals surface area contributed by atoms with Crippen LogP contribution in [0.25, 0.3) is 0 Å². The van der Waals surface area contributed by atoms with Crippen LogP contribution in [0.2, 0.25) is 5.02 Å². The fourth-order valence-electron chi connectivity index (χ4n) is 4.15. The van der Waals surface area contributed by atoms with Crippen molar-refractivity contribution in [1.82, 2.24) is 0 Å². The van der Waals surface area contributed by atoms with Crippen molar-refractivity contribution in [2.75, 3.05) is 12.0 Å². The van der Waals surface area contributed by atoms with E-state index >= 15 is 0 Å². The Bertz CT molecular complexity index is 1090. The molecule has 1 amide bonds. The number of fused-ring (bicyclic) bond motifs is 1. The molecule has 0 saturated carbocycles. The minimum Gasteiger partial charge on any atom is -0.496 e. The fourth-order valence-corrected chi connectivity index (χ4v) is 4.34. The summed E-state index contributed by atoms with van der Waals surface area (Å²) in [6, 6.07) is 18.4. The molecule has 4 rings (SSSR count). The Morgan fingerprint density at radius 1 is 1.03 bits per heavy atom. The maximum Gasteiger partial charge on any atom is 0.268 e. The number of nitrogens with zero attached hydrogens (tertiary/aromatic N) is 1. The second-order valence-electron chi connectivity index (χ2n) is 7.35. The van der Waals surface area contributed by atoms with Crippen LogP contribution in [0.1, 0.15) is 27.8 Å². The van der Waals surface area contributed by atoms with Gasteiger partial charge in [0.25, 0.3) is 5.91 Å². The maximum atomic E-state index is 13.6. The summed E-state index contributed by atoms with van der Waals surface area (Å²) in [5, 5.41) is 12.3. The van der Waals surface area contributed by atoms with E-state index in [-0.39, 0.29) is 12.5 Å². The number of hydrogen-bond donors (Lipinski definition) is 1. The van der Waals surface area contributed by atoms with E-state index in [2.05, 4.69) is 0 Å². The first-order valence-electron chi connectivity index (χ1n) is 9.41. The molecular weight excluding hydrogens is 386 g/mol. The van der Waals surface area contributed by atoms with Gasteiger partial charge in [-0.05, 0) is 60.4 Å². The molecule has 1 N–H and O–H groups in total. The van der Waals surface area contributed by atoms with E-state index in [1.807, 2.05) is 62.4 Å². The molecule has 1 unspecified atom stereocenters. The van der Waals surface area contributed by atoms with Crippen LogP contribution < -0.4 is 9.64 Å². The lowest BCUT2D eigenvalue weighted by molar-refractivity contribution is -0.132. The van der Waals surface area contributed by atoms with Crippen molar-refractivity contribution in [3.05, 3.63) is 93.5 Å². The van der Waals surface area contributed by atoms with Gasteiger partial charge in [0.05, 0.1) is 19.3 Å². The van der Waals surface area contributed by atoms with Crippen LogP contribution in [0.4, 0.5) is 5.69 Å². The van der Waals surface area contributed by atoms with Gasteiger partial charge in [0.15, 0.2) is 5.60 Å². The van der Waals surface area contributed by atoms with Gasteiger partial charge in [-0.2, -0.15) is 0 Å². The SMILES string of the molecule is COc1c(C)cc(C2(O)C(=O)N(Cc3ccccc3Cl)c3ccccc32)cc1C. The number of aryl methyl sites for hydroxylation is 2. The van der Waals surface area contributed by atoms with E-state index in [0.717, 1.165) is 22.4 Å². The molecule has 29 heavy (non-hydrogen) atoms. The monoisotopic (exact) mass is 407 g/mol. The molecule has 0 saturated heterocycles. The molecule has 4 nitrogen and oxygen atoms in total. The second kappa shape index (κ2) is 7.21. The Kier molecular flexibility index (Phi) is 4.85. The number of methoxy groups -OCH3 is 1. The van der Waals surface area contributed by atoms with E-state index < -0.39 is 5.60 Å². The molecule has 0 spiro atoms. The highest BCUT2D eigenvalue weighted by molar-refractivity contribution is 6.31. The van der Waals surface area contributed by atoms with Gasteiger partial charge in [-0.1, -0.05) is 48.0 Å². The summed E-state index contributed by atoms with van der Waals surface area (Å²) < 4.78 is 5.44. The molecule has 5 heteroatoms. The number of rotatable bonds is 4. The normalized spacial score (nSPS) is 18.1. The molecule has 1 heterocycles. The molecule has 0 aromatic heterocycles. The zero-order chi connectivity index (χ0) is 20.8. The Hall–Kier alpha value is -2.82. The number of halogens is 1. The highest BCUT2D eigenvalue weighted by atomic mass is 35.5. The third kappa shape index (κ3) is 3.00. The first kappa shape index (κ1) is 19.5. The van der Waals surface area contributed by atoms with Crippen LogP contribution in [0.3, 0.4) is 0 Å². The summed E-state index contributed by atoms with van der Waals surface area (Å²) in [4.78, 5) is 15.2. The number of amides is 1. The third-order valence-electron chi connectivity index (χ3n) is 5.51. The summed E-state index contributed by atoms with van der Waals surface area (Å²) in [6.45, 7) is 4.10. The summed E-state index contributed by atoms with van der Waals surface area (Å²) in [5.74, 6) is 0.367. The smallest absolute Gasteiger partial charge is 0.268 e. The number of para-hydroxylation sites is 1.